The average Bonchev–Trinajstić information content (AvgIpc) is 2.85. The van der Waals surface area contributed by atoms with Crippen molar-refractivity contribution in [1.82, 2.24) is 4.57 Å². The van der Waals surface area contributed by atoms with E-state index in [1.165, 1.54) is 5.56 Å². The molecule has 23 heavy (non-hydrogen) atoms. The number of carboxylic acids is 1. The third kappa shape index (κ3) is 3.82. The van der Waals surface area contributed by atoms with Gasteiger partial charge >= 0.3 is 5.97 Å². The zero-order chi connectivity index (χ0) is 16.2. The van der Waals surface area contributed by atoms with Crippen molar-refractivity contribution in [2.24, 2.45) is 0 Å². The molecule has 0 fully saturated rings. The molecule has 0 unspecified atom stereocenters. The Hall–Kier alpha value is -2.07. The second kappa shape index (κ2) is 7.01. The summed E-state index contributed by atoms with van der Waals surface area (Å²) in [6, 6.07) is 16.5. The van der Waals surface area contributed by atoms with Gasteiger partial charge in [0.25, 0.3) is 0 Å². The van der Waals surface area contributed by atoms with Gasteiger partial charge < -0.3 is 9.67 Å². The van der Waals surface area contributed by atoms with Crippen molar-refractivity contribution in [2.45, 2.75) is 25.8 Å². The van der Waals surface area contributed by atoms with Crippen molar-refractivity contribution in [1.29, 1.82) is 0 Å². The van der Waals surface area contributed by atoms with Crippen LogP contribution in [0.3, 0.4) is 0 Å². The number of aromatic nitrogens is 1. The molecule has 0 saturated carbocycles. The number of benzene rings is 2. The van der Waals surface area contributed by atoms with Crippen molar-refractivity contribution >= 4 is 32.8 Å². The van der Waals surface area contributed by atoms with Gasteiger partial charge in [-0.25, -0.2) is 0 Å². The van der Waals surface area contributed by atoms with E-state index in [4.69, 9.17) is 5.11 Å². The third-order valence-corrected chi connectivity index (χ3v) is 4.47. The zero-order valence-electron chi connectivity index (χ0n) is 12.7. The molecule has 0 amide bonds. The van der Waals surface area contributed by atoms with Gasteiger partial charge in [-0.3, -0.25) is 4.79 Å². The van der Waals surface area contributed by atoms with E-state index < -0.39 is 5.97 Å². The molecular weight excluding hydrogens is 354 g/mol. The van der Waals surface area contributed by atoms with Gasteiger partial charge in [0.15, 0.2) is 0 Å². The number of rotatable bonds is 6. The molecular formula is C19H18BrNO2. The van der Waals surface area contributed by atoms with Crippen LogP contribution in [0.15, 0.2) is 59.2 Å². The Morgan fingerprint density at radius 2 is 1.91 bits per heavy atom. The lowest BCUT2D eigenvalue weighted by atomic mass is 10.1. The molecule has 1 aromatic heterocycles. The van der Waals surface area contributed by atoms with Crippen LogP contribution in [-0.2, 0) is 24.2 Å². The van der Waals surface area contributed by atoms with Crippen LogP contribution in [0.4, 0.5) is 0 Å². The highest BCUT2D eigenvalue weighted by Crippen LogP contribution is 2.26. The molecule has 0 radical (unpaired) electrons. The fraction of sp³-hybridized carbons (Fsp3) is 0.211. The highest BCUT2D eigenvalue weighted by molar-refractivity contribution is 9.10. The number of fused-ring (bicyclic) bond motifs is 1. The third-order valence-electron chi connectivity index (χ3n) is 3.97. The van der Waals surface area contributed by atoms with Gasteiger partial charge in [-0.05, 0) is 42.2 Å². The van der Waals surface area contributed by atoms with Crippen LogP contribution in [0.1, 0.15) is 17.5 Å². The molecule has 0 bridgehead atoms. The van der Waals surface area contributed by atoms with Crippen molar-refractivity contribution in [2.75, 3.05) is 0 Å². The first-order valence-electron chi connectivity index (χ1n) is 7.66. The summed E-state index contributed by atoms with van der Waals surface area (Å²) >= 11 is 3.47. The van der Waals surface area contributed by atoms with E-state index in [9.17, 15) is 4.79 Å². The predicted octanol–water partition coefficient (Wildman–Crippen LogP) is 4.66. The van der Waals surface area contributed by atoms with Crippen molar-refractivity contribution in [3.8, 4) is 0 Å². The van der Waals surface area contributed by atoms with Crippen LogP contribution in [0.5, 0.6) is 0 Å². The summed E-state index contributed by atoms with van der Waals surface area (Å²) in [4.78, 5) is 11.1. The van der Waals surface area contributed by atoms with Crippen molar-refractivity contribution in [3.63, 3.8) is 0 Å². The fourth-order valence-corrected chi connectivity index (χ4v) is 3.29. The molecule has 0 saturated heterocycles. The van der Waals surface area contributed by atoms with Crippen LogP contribution in [-0.4, -0.2) is 15.6 Å². The fourth-order valence-electron chi connectivity index (χ4n) is 2.93. The molecule has 0 aliphatic heterocycles. The number of halogens is 1. The molecule has 4 heteroatoms. The highest BCUT2D eigenvalue weighted by atomic mass is 79.9. The summed E-state index contributed by atoms with van der Waals surface area (Å²) in [6.07, 6.45) is 4.08. The number of aliphatic carboxylic acids is 1. The Balaban J connectivity index is 1.81. The Morgan fingerprint density at radius 1 is 1.13 bits per heavy atom. The van der Waals surface area contributed by atoms with Crippen LogP contribution in [0.25, 0.3) is 10.9 Å². The molecule has 1 N–H and O–H groups in total. The second-order valence-electron chi connectivity index (χ2n) is 5.67. The molecule has 2 aromatic carbocycles. The van der Waals surface area contributed by atoms with Crippen molar-refractivity contribution < 1.29 is 9.90 Å². The van der Waals surface area contributed by atoms with Gasteiger partial charge in [0, 0.05) is 28.1 Å². The van der Waals surface area contributed by atoms with E-state index in [2.05, 4.69) is 44.8 Å². The van der Waals surface area contributed by atoms with Gasteiger partial charge in [0.2, 0.25) is 0 Å². The van der Waals surface area contributed by atoms with Gasteiger partial charge in [0.05, 0.1) is 6.42 Å². The van der Waals surface area contributed by atoms with E-state index >= 15 is 0 Å². The Labute approximate surface area is 143 Å². The summed E-state index contributed by atoms with van der Waals surface area (Å²) in [5.74, 6) is -0.798. The Bertz CT molecular complexity index is 824. The average molecular weight is 372 g/mol. The summed E-state index contributed by atoms with van der Waals surface area (Å²) in [6.45, 7) is 0.882. The second-order valence-corrected chi connectivity index (χ2v) is 6.58. The minimum Gasteiger partial charge on any atom is -0.481 e. The number of carbonyl (C=O) groups is 1. The zero-order valence-corrected chi connectivity index (χ0v) is 14.3. The lowest BCUT2D eigenvalue weighted by Crippen LogP contribution is -2.00. The molecule has 0 aliphatic rings. The monoisotopic (exact) mass is 371 g/mol. The lowest BCUT2D eigenvalue weighted by Gasteiger charge is -2.06. The molecule has 118 valence electrons. The molecule has 1 heterocycles. The van der Waals surface area contributed by atoms with E-state index in [1.54, 1.807) is 0 Å². The summed E-state index contributed by atoms with van der Waals surface area (Å²) in [7, 11) is 0. The maximum Gasteiger partial charge on any atom is 0.307 e. The SMILES string of the molecule is O=C(O)Cc1cn(CCCc2ccccc2)c2ccc(Br)cc12. The first kappa shape index (κ1) is 15.8. The summed E-state index contributed by atoms with van der Waals surface area (Å²) in [5.41, 5.74) is 3.29. The minimum atomic E-state index is -0.798. The number of aryl methyl sites for hydroxylation is 2. The van der Waals surface area contributed by atoms with Crippen LogP contribution >= 0.6 is 15.9 Å². The van der Waals surface area contributed by atoms with E-state index in [1.807, 2.05) is 30.5 Å². The van der Waals surface area contributed by atoms with Crippen molar-refractivity contribution in [3.05, 3.63) is 70.3 Å². The standard InChI is InChI=1S/C19H18BrNO2/c20-16-8-9-18-17(12-16)15(11-19(22)23)13-21(18)10-4-7-14-5-2-1-3-6-14/h1-3,5-6,8-9,12-13H,4,7,10-11H2,(H,22,23). The Kier molecular flexibility index (Phi) is 4.82. The molecule has 0 spiro atoms. The first-order valence-corrected chi connectivity index (χ1v) is 8.46. The van der Waals surface area contributed by atoms with Crippen LogP contribution < -0.4 is 0 Å². The number of hydrogen-bond acceptors (Lipinski definition) is 1. The Morgan fingerprint density at radius 3 is 2.65 bits per heavy atom. The smallest absolute Gasteiger partial charge is 0.307 e. The molecule has 0 atom stereocenters. The van der Waals surface area contributed by atoms with Crippen LogP contribution in [0.2, 0.25) is 0 Å². The van der Waals surface area contributed by atoms with E-state index in [-0.39, 0.29) is 6.42 Å². The van der Waals surface area contributed by atoms with Gasteiger partial charge in [-0.1, -0.05) is 46.3 Å². The normalized spacial score (nSPS) is 11.0. The molecule has 0 aliphatic carbocycles. The van der Waals surface area contributed by atoms with Gasteiger partial charge in [0.1, 0.15) is 0 Å². The maximum atomic E-state index is 11.1. The number of hydrogen-bond donors (Lipinski definition) is 1. The topological polar surface area (TPSA) is 42.2 Å². The van der Waals surface area contributed by atoms with Crippen LogP contribution in [0, 0.1) is 0 Å². The number of carboxylic acid groups (broad SMARTS) is 1. The minimum absolute atomic E-state index is 0.0542. The lowest BCUT2D eigenvalue weighted by molar-refractivity contribution is -0.136. The van der Waals surface area contributed by atoms with E-state index in [0.717, 1.165) is 40.3 Å². The van der Waals surface area contributed by atoms with Gasteiger partial charge in [-0.2, -0.15) is 0 Å². The van der Waals surface area contributed by atoms with E-state index in [0.29, 0.717) is 0 Å². The molecule has 3 nitrogen and oxygen atoms in total. The first-order chi connectivity index (χ1) is 11.1. The molecule has 3 rings (SSSR count). The summed E-state index contributed by atoms with van der Waals surface area (Å²) in [5, 5.41) is 10.1. The highest BCUT2D eigenvalue weighted by Gasteiger charge is 2.11. The maximum absolute atomic E-state index is 11.1. The van der Waals surface area contributed by atoms with Gasteiger partial charge in [-0.15, -0.1) is 0 Å². The summed E-state index contributed by atoms with van der Waals surface area (Å²) < 4.78 is 3.14. The predicted molar refractivity (Wildman–Crippen MR) is 95.7 cm³/mol. The number of nitrogens with zero attached hydrogens (tertiary/aromatic N) is 1. The quantitative estimate of drug-likeness (QED) is 0.684. The largest absolute Gasteiger partial charge is 0.481 e. The molecule has 3 aromatic rings.